The van der Waals surface area contributed by atoms with Gasteiger partial charge in [-0.1, -0.05) is 0 Å². The summed E-state index contributed by atoms with van der Waals surface area (Å²) in [5.41, 5.74) is 0.204. The van der Waals surface area contributed by atoms with E-state index in [2.05, 4.69) is 4.98 Å². The second kappa shape index (κ2) is 4.21. The molecule has 2 aliphatic rings. The van der Waals surface area contributed by atoms with E-state index < -0.39 is 48.0 Å². The summed E-state index contributed by atoms with van der Waals surface area (Å²) in [7, 11) is 0. The predicted molar refractivity (Wildman–Crippen MR) is 67.1 cm³/mol. The van der Waals surface area contributed by atoms with E-state index in [0.29, 0.717) is 0 Å². The van der Waals surface area contributed by atoms with Crippen LogP contribution in [0.5, 0.6) is 0 Å². The minimum atomic E-state index is -2.34. The van der Waals surface area contributed by atoms with Crippen LogP contribution in [0.25, 0.3) is 0 Å². The average molecular weight is 303 g/mol. The predicted octanol–water partition coefficient (Wildman–Crippen LogP) is -1.06. The molecule has 1 aromatic heterocycles. The van der Waals surface area contributed by atoms with Gasteiger partial charge < -0.3 is 20.7 Å². The van der Waals surface area contributed by atoms with Crippen molar-refractivity contribution in [1.29, 1.82) is 0 Å². The highest BCUT2D eigenvalue weighted by molar-refractivity contribution is 5.33. The fourth-order valence-corrected chi connectivity index (χ4v) is 3.03. The molecule has 0 aromatic carbocycles. The number of alkyl halides is 2. The van der Waals surface area contributed by atoms with E-state index in [-0.39, 0.29) is 5.82 Å². The van der Waals surface area contributed by atoms with Crippen LogP contribution in [0.4, 0.5) is 14.6 Å². The zero-order valence-corrected chi connectivity index (χ0v) is 11.1. The van der Waals surface area contributed by atoms with E-state index in [1.165, 1.54) is 12.3 Å². The number of aliphatic hydroxyl groups excluding tert-OH is 2. The lowest BCUT2D eigenvalue weighted by Crippen LogP contribution is -2.56. The summed E-state index contributed by atoms with van der Waals surface area (Å²) in [4.78, 5) is 15.2. The highest BCUT2D eigenvalue weighted by atomic mass is 19.1. The minimum Gasteiger partial charge on any atom is -0.393 e. The molecule has 0 spiro atoms. The summed E-state index contributed by atoms with van der Waals surface area (Å²) in [6.45, 7) is 0.203. The second-order valence-electron chi connectivity index (χ2n) is 5.48. The van der Waals surface area contributed by atoms with Gasteiger partial charge in [0.15, 0.2) is 11.3 Å². The van der Waals surface area contributed by atoms with Crippen molar-refractivity contribution in [2.45, 2.75) is 42.6 Å². The van der Waals surface area contributed by atoms with Gasteiger partial charge in [-0.2, -0.15) is 4.98 Å². The van der Waals surface area contributed by atoms with Crippen molar-refractivity contribution in [3.8, 4) is 0 Å². The molecule has 2 heterocycles. The fourth-order valence-electron chi connectivity index (χ4n) is 3.03. The van der Waals surface area contributed by atoms with Crippen LogP contribution < -0.4 is 11.4 Å². The van der Waals surface area contributed by atoms with Crippen molar-refractivity contribution in [3.05, 3.63) is 22.7 Å². The average Bonchev–Trinajstić information content (AvgIpc) is 2.92. The molecule has 0 radical (unpaired) electrons. The van der Waals surface area contributed by atoms with Crippen molar-refractivity contribution in [2.24, 2.45) is 0 Å². The monoisotopic (exact) mass is 303 g/mol. The highest BCUT2D eigenvalue weighted by Gasteiger charge is 2.84. The van der Waals surface area contributed by atoms with Gasteiger partial charge in [-0.15, -0.1) is 0 Å². The Morgan fingerprint density at radius 2 is 2.33 bits per heavy atom. The normalized spacial score (nSPS) is 42.6. The van der Waals surface area contributed by atoms with E-state index in [9.17, 15) is 23.8 Å². The van der Waals surface area contributed by atoms with Crippen LogP contribution >= 0.6 is 0 Å². The first-order valence-electron chi connectivity index (χ1n) is 6.43. The van der Waals surface area contributed by atoms with Gasteiger partial charge in [0.05, 0.1) is 6.61 Å². The van der Waals surface area contributed by atoms with Crippen molar-refractivity contribution < 1.29 is 23.7 Å². The number of fused-ring (bicyclic) bond motifs is 1. The highest BCUT2D eigenvalue weighted by Crippen LogP contribution is 2.64. The summed E-state index contributed by atoms with van der Waals surface area (Å²) in [5, 5.41) is 19.4. The van der Waals surface area contributed by atoms with Gasteiger partial charge in [-0.05, 0) is 13.0 Å². The molecule has 9 heteroatoms. The van der Waals surface area contributed by atoms with Crippen molar-refractivity contribution >= 4 is 5.82 Å². The van der Waals surface area contributed by atoms with Gasteiger partial charge in [0, 0.05) is 6.20 Å². The number of aromatic nitrogens is 2. The molecule has 1 saturated carbocycles. The Morgan fingerprint density at radius 3 is 2.76 bits per heavy atom. The lowest BCUT2D eigenvalue weighted by Gasteiger charge is -2.35. The maximum Gasteiger partial charge on any atom is 0.349 e. The molecule has 0 amide bonds. The molecule has 0 bridgehead atoms. The first kappa shape index (κ1) is 14.4. The summed E-state index contributed by atoms with van der Waals surface area (Å²) >= 11 is 0. The third kappa shape index (κ3) is 1.62. The number of hydrogen-bond acceptors (Lipinski definition) is 6. The fraction of sp³-hybridized carbons (Fsp3) is 0.667. The summed E-state index contributed by atoms with van der Waals surface area (Å²) in [5.74, 6) is -0.0153. The summed E-state index contributed by atoms with van der Waals surface area (Å²) in [6.07, 6.45) is -3.65. The number of nitrogens with zero attached hydrogens (tertiary/aromatic N) is 2. The smallest absolute Gasteiger partial charge is 0.349 e. The molecule has 3 rings (SSSR count). The summed E-state index contributed by atoms with van der Waals surface area (Å²) in [6, 6.07) is 0.189. The maximum atomic E-state index is 14.9. The van der Waals surface area contributed by atoms with E-state index >= 15 is 0 Å². The van der Waals surface area contributed by atoms with Gasteiger partial charge in [0.2, 0.25) is 0 Å². The Bertz CT molecular complexity index is 639. The molecular weight excluding hydrogens is 288 g/mol. The molecule has 116 valence electrons. The number of nitrogens with two attached hydrogens (primary N) is 1. The van der Waals surface area contributed by atoms with E-state index in [1.807, 2.05) is 0 Å². The first-order chi connectivity index (χ1) is 9.79. The number of nitrogen functional groups attached to an aromatic ring is 1. The van der Waals surface area contributed by atoms with Crippen LogP contribution in [-0.4, -0.2) is 56.0 Å². The van der Waals surface area contributed by atoms with Crippen molar-refractivity contribution in [1.82, 2.24) is 9.55 Å². The topological polar surface area (TPSA) is 111 Å². The van der Waals surface area contributed by atoms with Crippen LogP contribution in [0.1, 0.15) is 13.0 Å². The Hall–Kier alpha value is -1.58. The molecule has 4 N–H and O–H groups in total. The third-order valence-electron chi connectivity index (χ3n) is 4.37. The Morgan fingerprint density at radius 1 is 1.67 bits per heavy atom. The maximum absolute atomic E-state index is 14.9. The Labute approximate surface area is 118 Å². The molecule has 1 aliphatic heterocycles. The number of anilines is 1. The molecule has 6 unspecified atom stereocenters. The lowest BCUT2D eigenvalue weighted by molar-refractivity contribution is -0.163. The SMILES string of the molecule is CC(F)C1(CO)OC2C(n3ccc(N)nc3=O)C2(F)C1O. The molecule has 21 heavy (non-hydrogen) atoms. The second-order valence-corrected chi connectivity index (χ2v) is 5.48. The van der Waals surface area contributed by atoms with Crippen LogP contribution in [0, 0.1) is 0 Å². The van der Waals surface area contributed by atoms with Crippen LogP contribution in [0.2, 0.25) is 0 Å². The molecule has 1 saturated heterocycles. The largest absolute Gasteiger partial charge is 0.393 e. The van der Waals surface area contributed by atoms with E-state index in [0.717, 1.165) is 11.5 Å². The zero-order chi connectivity index (χ0) is 15.6. The zero-order valence-electron chi connectivity index (χ0n) is 11.1. The number of aliphatic hydroxyl groups is 2. The van der Waals surface area contributed by atoms with Gasteiger partial charge in [0.1, 0.15) is 30.2 Å². The van der Waals surface area contributed by atoms with Crippen LogP contribution in [0.3, 0.4) is 0 Å². The Kier molecular flexibility index (Phi) is 2.88. The van der Waals surface area contributed by atoms with Crippen LogP contribution in [0.15, 0.2) is 17.1 Å². The van der Waals surface area contributed by atoms with Gasteiger partial charge in [-0.3, -0.25) is 4.57 Å². The molecule has 1 aromatic rings. The molecule has 2 fully saturated rings. The van der Waals surface area contributed by atoms with Gasteiger partial charge >= 0.3 is 5.69 Å². The quantitative estimate of drug-likeness (QED) is 0.656. The van der Waals surface area contributed by atoms with Gasteiger partial charge in [-0.25, -0.2) is 13.6 Å². The molecular formula is C12H15F2N3O4. The van der Waals surface area contributed by atoms with E-state index in [1.54, 1.807) is 0 Å². The molecule has 7 nitrogen and oxygen atoms in total. The first-order valence-corrected chi connectivity index (χ1v) is 6.43. The van der Waals surface area contributed by atoms with Crippen LogP contribution in [-0.2, 0) is 4.74 Å². The summed E-state index contributed by atoms with van der Waals surface area (Å²) < 4.78 is 34.7. The molecule has 6 atom stereocenters. The van der Waals surface area contributed by atoms with Crippen molar-refractivity contribution in [3.63, 3.8) is 0 Å². The number of hydrogen-bond donors (Lipinski definition) is 3. The number of ether oxygens (including phenoxy) is 1. The molecule has 1 aliphatic carbocycles. The lowest BCUT2D eigenvalue weighted by atomic mass is 9.89. The Balaban J connectivity index is 1.95. The standard InChI is InChI=1S/C12H15F2N3O4/c1-5(13)11(4-18)9(19)12(14)7(8(12)21-11)17-3-2-6(15)16-10(17)20/h2-3,5,7-9,18-19H,4H2,1H3,(H2,15,16,20). The number of halogens is 2. The van der Waals surface area contributed by atoms with Crippen molar-refractivity contribution in [2.75, 3.05) is 12.3 Å². The van der Waals surface area contributed by atoms with Gasteiger partial charge in [0.25, 0.3) is 0 Å². The number of rotatable bonds is 3. The minimum absolute atomic E-state index is 0.0153. The van der Waals surface area contributed by atoms with E-state index in [4.69, 9.17) is 10.5 Å². The third-order valence-corrected chi connectivity index (χ3v) is 4.37.